The standard InChI is InChI=1S/C14H23N3O/c1-2-4-8-11(7-3-1)13-16-14(18-17-13)12-9-5-6-10-15-12/h11-12,15H,1-10H2. The molecule has 1 atom stereocenters. The highest BCUT2D eigenvalue weighted by Gasteiger charge is 2.24. The summed E-state index contributed by atoms with van der Waals surface area (Å²) >= 11 is 0. The van der Waals surface area contributed by atoms with Gasteiger partial charge in [-0.3, -0.25) is 0 Å². The number of nitrogens with one attached hydrogen (secondary N) is 1. The molecule has 100 valence electrons. The molecule has 4 heteroatoms. The Hall–Kier alpha value is -0.900. The van der Waals surface area contributed by atoms with Crippen molar-refractivity contribution < 1.29 is 4.52 Å². The topological polar surface area (TPSA) is 51.0 Å². The fourth-order valence-corrected chi connectivity index (χ4v) is 3.15. The van der Waals surface area contributed by atoms with Crippen molar-refractivity contribution in [1.82, 2.24) is 15.5 Å². The van der Waals surface area contributed by atoms with E-state index in [9.17, 15) is 0 Å². The summed E-state index contributed by atoms with van der Waals surface area (Å²) < 4.78 is 5.47. The van der Waals surface area contributed by atoms with E-state index in [0.29, 0.717) is 12.0 Å². The average Bonchev–Trinajstić information content (AvgIpc) is 2.76. The number of aromatic nitrogens is 2. The molecule has 1 aromatic rings. The predicted octanol–water partition coefficient (Wildman–Crippen LogP) is 3.32. The van der Waals surface area contributed by atoms with Crippen LogP contribution in [0.5, 0.6) is 0 Å². The van der Waals surface area contributed by atoms with Crippen molar-refractivity contribution in [2.75, 3.05) is 6.54 Å². The first-order valence-corrected chi connectivity index (χ1v) is 7.50. The largest absolute Gasteiger partial charge is 0.338 e. The molecule has 3 rings (SSSR count). The molecule has 1 N–H and O–H groups in total. The molecule has 0 aromatic carbocycles. The third kappa shape index (κ3) is 2.74. The predicted molar refractivity (Wildman–Crippen MR) is 69.3 cm³/mol. The second kappa shape index (κ2) is 5.83. The van der Waals surface area contributed by atoms with Gasteiger partial charge in [-0.2, -0.15) is 4.98 Å². The molecule has 2 aliphatic rings. The zero-order valence-electron chi connectivity index (χ0n) is 11.0. The average molecular weight is 249 g/mol. The van der Waals surface area contributed by atoms with E-state index in [2.05, 4.69) is 15.5 Å². The minimum Gasteiger partial charge on any atom is -0.338 e. The van der Waals surface area contributed by atoms with Gasteiger partial charge in [0.2, 0.25) is 5.89 Å². The summed E-state index contributed by atoms with van der Waals surface area (Å²) in [5.41, 5.74) is 0. The van der Waals surface area contributed by atoms with Crippen LogP contribution < -0.4 is 5.32 Å². The van der Waals surface area contributed by atoms with Crippen LogP contribution in [0.4, 0.5) is 0 Å². The van der Waals surface area contributed by atoms with Crippen molar-refractivity contribution >= 4 is 0 Å². The molecular weight excluding hydrogens is 226 g/mol. The van der Waals surface area contributed by atoms with E-state index in [1.165, 1.54) is 51.4 Å². The van der Waals surface area contributed by atoms with Crippen LogP contribution in [0.3, 0.4) is 0 Å². The Morgan fingerprint density at radius 1 is 0.944 bits per heavy atom. The van der Waals surface area contributed by atoms with E-state index < -0.39 is 0 Å². The Balaban J connectivity index is 1.67. The number of hydrogen-bond donors (Lipinski definition) is 1. The molecule has 1 aliphatic carbocycles. The monoisotopic (exact) mass is 249 g/mol. The molecule has 0 bridgehead atoms. The van der Waals surface area contributed by atoms with Gasteiger partial charge in [0.15, 0.2) is 5.82 Å². The lowest BCUT2D eigenvalue weighted by molar-refractivity contribution is 0.294. The van der Waals surface area contributed by atoms with E-state index in [1.54, 1.807) is 0 Å². The molecular formula is C14H23N3O. The molecule has 2 fully saturated rings. The third-order valence-corrected chi connectivity index (χ3v) is 4.29. The van der Waals surface area contributed by atoms with Gasteiger partial charge in [-0.25, -0.2) is 0 Å². The van der Waals surface area contributed by atoms with Crippen LogP contribution in [0.2, 0.25) is 0 Å². The fraction of sp³-hybridized carbons (Fsp3) is 0.857. The summed E-state index contributed by atoms with van der Waals surface area (Å²) in [4.78, 5) is 4.66. The lowest BCUT2D eigenvalue weighted by atomic mass is 10.00. The Labute approximate surface area is 109 Å². The first kappa shape index (κ1) is 12.2. The van der Waals surface area contributed by atoms with Gasteiger partial charge in [-0.1, -0.05) is 37.3 Å². The summed E-state index contributed by atoms with van der Waals surface area (Å²) in [6.07, 6.45) is 11.5. The van der Waals surface area contributed by atoms with Crippen molar-refractivity contribution in [2.45, 2.75) is 69.7 Å². The first-order chi connectivity index (χ1) is 8.93. The van der Waals surface area contributed by atoms with Crippen molar-refractivity contribution in [3.05, 3.63) is 11.7 Å². The Morgan fingerprint density at radius 2 is 1.72 bits per heavy atom. The van der Waals surface area contributed by atoms with Gasteiger partial charge in [0.05, 0.1) is 6.04 Å². The van der Waals surface area contributed by atoms with Crippen molar-refractivity contribution in [1.29, 1.82) is 0 Å². The van der Waals surface area contributed by atoms with Gasteiger partial charge in [0.25, 0.3) is 0 Å². The van der Waals surface area contributed by atoms with E-state index in [1.807, 2.05) is 0 Å². The Bertz CT molecular complexity index is 363. The van der Waals surface area contributed by atoms with Crippen LogP contribution in [0.15, 0.2) is 4.52 Å². The van der Waals surface area contributed by atoms with E-state index in [-0.39, 0.29) is 0 Å². The molecule has 1 unspecified atom stereocenters. The SMILES string of the molecule is C1CCCC(c2noc(C3CCCCN3)n2)CC1. The quantitative estimate of drug-likeness (QED) is 0.817. The van der Waals surface area contributed by atoms with E-state index in [0.717, 1.165) is 24.7 Å². The fourth-order valence-electron chi connectivity index (χ4n) is 3.15. The molecule has 4 nitrogen and oxygen atoms in total. The second-order valence-electron chi connectivity index (χ2n) is 5.68. The van der Waals surface area contributed by atoms with Crippen LogP contribution in [-0.2, 0) is 0 Å². The van der Waals surface area contributed by atoms with Gasteiger partial charge < -0.3 is 9.84 Å². The molecule has 0 radical (unpaired) electrons. The third-order valence-electron chi connectivity index (χ3n) is 4.29. The molecule has 1 saturated heterocycles. The van der Waals surface area contributed by atoms with Crippen LogP contribution >= 0.6 is 0 Å². The van der Waals surface area contributed by atoms with Gasteiger partial charge >= 0.3 is 0 Å². The van der Waals surface area contributed by atoms with Gasteiger partial charge in [-0.15, -0.1) is 0 Å². The summed E-state index contributed by atoms with van der Waals surface area (Å²) in [6.45, 7) is 1.08. The lowest BCUT2D eigenvalue weighted by Gasteiger charge is -2.19. The lowest BCUT2D eigenvalue weighted by Crippen LogP contribution is -2.27. The Morgan fingerprint density at radius 3 is 2.44 bits per heavy atom. The maximum Gasteiger partial charge on any atom is 0.243 e. The highest BCUT2D eigenvalue weighted by molar-refractivity contribution is 5.00. The van der Waals surface area contributed by atoms with Gasteiger partial charge in [0.1, 0.15) is 0 Å². The summed E-state index contributed by atoms with van der Waals surface area (Å²) in [6, 6.07) is 0.297. The minimum atomic E-state index is 0.297. The number of hydrogen-bond acceptors (Lipinski definition) is 4. The van der Waals surface area contributed by atoms with Crippen molar-refractivity contribution in [3.63, 3.8) is 0 Å². The maximum absolute atomic E-state index is 5.47. The van der Waals surface area contributed by atoms with Crippen LogP contribution in [0.25, 0.3) is 0 Å². The van der Waals surface area contributed by atoms with Crippen LogP contribution in [0, 0.1) is 0 Å². The maximum atomic E-state index is 5.47. The molecule has 0 spiro atoms. The van der Waals surface area contributed by atoms with Gasteiger partial charge in [-0.05, 0) is 32.2 Å². The van der Waals surface area contributed by atoms with Crippen LogP contribution in [-0.4, -0.2) is 16.7 Å². The normalized spacial score (nSPS) is 27.0. The molecule has 18 heavy (non-hydrogen) atoms. The molecule has 1 aromatic heterocycles. The minimum absolute atomic E-state index is 0.297. The second-order valence-corrected chi connectivity index (χ2v) is 5.68. The van der Waals surface area contributed by atoms with Crippen molar-refractivity contribution in [3.8, 4) is 0 Å². The molecule has 1 saturated carbocycles. The zero-order valence-corrected chi connectivity index (χ0v) is 11.0. The number of rotatable bonds is 2. The van der Waals surface area contributed by atoms with Crippen LogP contribution in [0.1, 0.15) is 81.5 Å². The smallest absolute Gasteiger partial charge is 0.243 e. The highest BCUT2D eigenvalue weighted by atomic mass is 16.5. The van der Waals surface area contributed by atoms with Crippen molar-refractivity contribution in [2.24, 2.45) is 0 Å². The molecule has 2 heterocycles. The zero-order chi connectivity index (χ0) is 12.2. The molecule has 1 aliphatic heterocycles. The molecule has 0 amide bonds. The number of piperidine rings is 1. The van der Waals surface area contributed by atoms with E-state index in [4.69, 9.17) is 4.52 Å². The summed E-state index contributed by atoms with van der Waals surface area (Å²) in [5.74, 6) is 2.31. The first-order valence-electron chi connectivity index (χ1n) is 7.50. The van der Waals surface area contributed by atoms with E-state index >= 15 is 0 Å². The van der Waals surface area contributed by atoms with Gasteiger partial charge in [0, 0.05) is 5.92 Å². The highest BCUT2D eigenvalue weighted by Crippen LogP contribution is 2.31. The Kier molecular flexibility index (Phi) is 3.93. The number of nitrogens with zero attached hydrogens (tertiary/aromatic N) is 2. The summed E-state index contributed by atoms with van der Waals surface area (Å²) in [7, 11) is 0. The summed E-state index contributed by atoms with van der Waals surface area (Å²) in [5, 5.41) is 7.70.